The summed E-state index contributed by atoms with van der Waals surface area (Å²) in [4.78, 5) is 0. The first-order valence-corrected chi connectivity index (χ1v) is 6.82. The Kier molecular flexibility index (Phi) is 4.56. The molecule has 0 radical (unpaired) electrons. The number of phenols is 1. The van der Waals surface area contributed by atoms with Gasteiger partial charge in [0.05, 0.1) is 12.1 Å². The zero-order valence-electron chi connectivity index (χ0n) is 10.3. The van der Waals surface area contributed by atoms with E-state index in [0.717, 1.165) is 15.7 Å². The predicted octanol–water partition coefficient (Wildman–Crippen LogP) is 4.43. The fourth-order valence-electron chi connectivity index (χ4n) is 1.64. The van der Waals surface area contributed by atoms with Crippen LogP contribution < -0.4 is 10.1 Å². The third-order valence-corrected chi connectivity index (χ3v) is 3.89. The number of hydrogen-bond acceptors (Lipinski definition) is 3. The van der Waals surface area contributed by atoms with Crippen LogP contribution >= 0.6 is 27.5 Å². The van der Waals surface area contributed by atoms with Crippen LogP contribution in [-0.2, 0) is 6.54 Å². The maximum absolute atomic E-state index is 9.52. The third-order valence-electron chi connectivity index (χ3n) is 2.66. The minimum Gasteiger partial charge on any atom is -0.504 e. The van der Waals surface area contributed by atoms with Crippen molar-refractivity contribution in [1.29, 1.82) is 0 Å². The van der Waals surface area contributed by atoms with Crippen LogP contribution in [0.4, 0.5) is 5.69 Å². The van der Waals surface area contributed by atoms with Crippen LogP contribution in [0.3, 0.4) is 0 Å². The molecule has 2 aromatic rings. The third kappa shape index (κ3) is 3.55. The van der Waals surface area contributed by atoms with Gasteiger partial charge in [0.2, 0.25) is 0 Å². The molecule has 3 nitrogen and oxygen atoms in total. The highest BCUT2D eigenvalue weighted by Gasteiger charge is 2.03. The van der Waals surface area contributed by atoms with E-state index in [1.54, 1.807) is 12.1 Å². The van der Waals surface area contributed by atoms with Gasteiger partial charge >= 0.3 is 0 Å². The summed E-state index contributed by atoms with van der Waals surface area (Å²) in [5, 5.41) is 13.4. The number of ether oxygens (including phenoxy) is 1. The summed E-state index contributed by atoms with van der Waals surface area (Å²) < 4.78 is 5.93. The first-order chi connectivity index (χ1) is 9.10. The number of aromatic hydroxyl groups is 1. The Bertz CT molecular complexity index is 590. The van der Waals surface area contributed by atoms with Crippen molar-refractivity contribution in [2.45, 2.75) is 6.54 Å². The topological polar surface area (TPSA) is 41.5 Å². The van der Waals surface area contributed by atoms with Gasteiger partial charge < -0.3 is 15.2 Å². The van der Waals surface area contributed by atoms with Crippen LogP contribution in [0.25, 0.3) is 0 Å². The molecule has 0 saturated carbocycles. The summed E-state index contributed by atoms with van der Waals surface area (Å²) in [5.41, 5.74) is 1.94. The molecule has 0 bridgehead atoms. The van der Waals surface area contributed by atoms with Crippen LogP contribution in [-0.4, -0.2) is 12.2 Å². The lowest BCUT2D eigenvalue weighted by Crippen LogP contribution is -1.99. The molecular weight excluding hydrogens is 330 g/mol. The molecule has 0 aromatic heterocycles. The summed E-state index contributed by atoms with van der Waals surface area (Å²) in [6, 6.07) is 10.9. The minimum atomic E-state index is 0.137. The van der Waals surface area contributed by atoms with E-state index < -0.39 is 0 Å². The number of benzene rings is 2. The van der Waals surface area contributed by atoms with Gasteiger partial charge in [-0.15, -0.1) is 0 Å². The Labute approximate surface area is 125 Å². The van der Waals surface area contributed by atoms with Crippen LogP contribution in [0.15, 0.2) is 40.9 Å². The van der Waals surface area contributed by atoms with E-state index in [4.69, 9.17) is 16.3 Å². The molecule has 0 fully saturated rings. The van der Waals surface area contributed by atoms with Crippen LogP contribution in [0, 0.1) is 0 Å². The number of methoxy groups -OCH3 is 1. The van der Waals surface area contributed by atoms with E-state index in [1.807, 2.05) is 24.3 Å². The second-order valence-electron chi connectivity index (χ2n) is 3.99. The molecule has 0 unspecified atom stereocenters. The van der Waals surface area contributed by atoms with E-state index >= 15 is 0 Å². The maximum Gasteiger partial charge on any atom is 0.160 e. The number of halogens is 2. The van der Waals surface area contributed by atoms with E-state index in [2.05, 4.69) is 21.2 Å². The zero-order valence-corrected chi connectivity index (χ0v) is 12.6. The highest BCUT2D eigenvalue weighted by molar-refractivity contribution is 9.10. The largest absolute Gasteiger partial charge is 0.504 e. The van der Waals surface area contributed by atoms with E-state index in [0.29, 0.717) is 17.3 Å². The first kappa shape index (κ1) is 14.0. The summed E-state index contributed by atoms with van der Waals surface area (Å²) in [6.45, 7) is 0.620. The average molecular weight is 343 g/mol. The molecule has 0 heterocycles. The van der Waals surface area contributed by atoms with Gasteiger partial charge in [-0.05, 0) is 51.8 Å². The number of nitrogens with one attached hydrogen (secondary N) is 1. The van der Waals surface area contributed by atoms with Crippen molar-refractivity contribution in [3.8, 4) is 11.5 Å². The second kappa shape index (κ2) is 6.17. The SMILES string of the molecule is COc1cc(CNc2ccc(Br)c(Cl)c2)ccc1O. The highest BCUT2D eigenvalue weighted by Crippen LogP contribution is 2.28. The Balaban J connectivity index is 2.07. The average Bonchev–Trinajstić information content (AvgIpc) is 2.41. The van der Waals surface area contributed by atoms with Crippen molar-refractivity contribution in [2.24, 2.45) is 0 Å². The molecule has 19 heavy (non-hydrogen) atoms. The predicted molar refractivity (Wildman–Crippen MR) is 81.1 cm³/mol. The van der Waals surface area contributed by atoms with Gasteiger partial charge in [-0.25, -0.2) is 0 Å². The van der Waals surface area contributed by atoms with Gasteiger partial charge in [-0.3, -0.25) is 0 Å². The Hall–Kier alpha value is -1.39. The number of phenolic OH excluding ortho intramolecular Hbond substituents is 1. The van der Waals surface area contributed by atoms with Crippen molar-refractivity contribution in [3.63, 3.8) is 0 Å². The fourth-order valence-corrected chi connectivity index (χ4v) is 2.07. The smallest absolute Gasteiger partial charge is 0.160 e. The first-order valence-electron chi connectivity index (χ1n) is 5.65. The van der Waals surface area contributed by atoms with Gasteiger partial charge in [-0.2, -0.15) is 0 Å². The molecule has 5 heteroatoms. The molecule has 100 valence electrons. The molecule has 0 aliphatic carbocycles. The molecule has 2 aromatic carbocycles. The van der Waals surface area contributed by atoms with Gasteiger partial charge in [0, 0.05) is 16.7 Å². The zero-order chi connectivity index (χ0) is 13.8. The lowest BCUT2D eigenvalue weighted by atomic mass is 10.2. The van der Waals surface area contributed by atoms with Crippen molar-refractivity contribution in [2.75, 3.05) is 12.4 Å². The van der Waals surface area contributed by atoms with Gasteiger partial charge in [0.15, 0.2) is 11.5 Å². The second-order valence-corrected chi connectivity index (χ2v) is 5.25. The standard InChI is InChI=1S/C14H13BrClNO2/c1-19-14-6-9(2-5-13(14)18)8-17-10-3-4-11(15)12(16)7-10/h2-7,17-18H,8H2,1H3. The van der Waals surface area contributed by atoms with Gasteiger partial charge in [0.25, 0.3) is 0 Å². The molecular formula is C14H13BrClNO2. The van der Waals surface area contributed by atoms with Gasteiger partial charge in [-0.1, -0.05) is 17.7 Å². The summed E-state index contributed by atoms with van der Waals surface area (Å²) >= 11 is 9.37. The minimum absolute atomic E-state index is 0.137. The fraction of sp³-hybridized carbons (Fsp3) is 0.143. The van der Waals surface area contributed by atoms with Crippen LogP contribution in [0.1, 0.15) is 5.56 Å². The molecule has 0 aliphatic rings. The van der Waals surface area contributed by atoms with Gasteiger partial charge in [0.1, 0.15) is 0 Å². The maximum atomic E-state index is 9.52. The Morgan fingerprint density at radius 2 is 2.05 bits per heavy atom. The van der Waals surface area contributed by atoms with E-state index in [1.165, 1.54) is 7.11 Å². The molecule has 2 rings (SSSR count). The normalized spacial score (nSPS) is 10.3. The Morgan fingerprint density at radius 1 is 1.26 bits per heavy atom. The highest BCUT2D eigenvalue weighted by atomic mass is 79.9. The van der Waals surface area contributed by atoms with E-state index in [9.17, 15) is 5.11 Å². The monoisotopic (exact) mass is 341 g/mol. The molecule has 0 atom stereocenters. The molecule has 2 N–H and O–H groups in total. The lowest BCUT2D eigenvalue weighted by Gasteiger charge is -2.09. The number of hydrogen-bond donors (Lipinski definition) is 2. The van der Waals surface area contributed by atoms with Crippen molar-refractivity contribution < 1.29 is 9.84 Å². The number of anilines is 1. The van der Waals surface area contributed by atoms with Crippen LogP contribution in [0.2, 0.25) is 5.02 Å². The summed E-state index contributed by atoms with van der Waals surface area (Å²) in [5.74, 6) is 0.603. The molecule has 0 amide bonds. The summed E-state index contributed by atoms with van der Waals surface area (Å²) in [6.07, 6.45) is 0. The molecule has 0 aliphatic heterocycles. The van der Waals surface area contributed by atoms with Crippen molar-refractivity contribution in [1.82, 2.24) is 0 Å². The van der Waals surface area contributed by atoms with Crippen molar-refractivity contribution >= 4 is 33.2 Å². The molecule has 0 saturated heterocycles. The van der Waals surface area contributed by atoms with Crippen molar-refractivity contribution in [3.05, 3.63) is 51.5 Å². The number of rotatable bonds is 4. The Morgan fingerprint density at radius 3 is 2.74 bits per heavy atom. The molecule has 0 spiro atoms. The summed E-state index contributed by atoms with van der Waals surface area (Å²) in [7, 11) is 1.53. The van der Waals surface area contributed by atoms with Crippen LogP contribution in [0.5, 0.6) is 11.5 Å². The quantitative estimate of drug-likeness (QED) is 0.863. The van der Waals surface area contributed by atoms with E-state index in [-0.39, 0.29) is 5.75 Å². The lowest BCUT2D eigenvalue weighted by molar-refractivity contribution is 0.373.